The third kappa shape index (κ3) is 10.3. The number of carbonyl (C=O) groups excluding carboxylic acids is 4. The van der Waals surface area contributed by atoms with E-state index in [0.717, 1.165) is 5.56 Å². The molecule has 0 spiro atoms. The molecule has 1 rings (SSSR count). The van der Waals surface area contributed by atoms with Crippen LogP contribution in [0.4, 0.5) is 4.79 Å². The predicted molar refractivity (Wildman–Crippen MR) is 121 cm³/mol. The average molecular weight is 466 g/mol. The summed E-state index contributed by atoms with van der Waals surface area (Å²) in [6.45, 7) is 7.97. The highest BCUT2D eigenvalue weighted by Crippen LogP contribution is 2.22. The number of esters is 1. The number of ether oxygens (including phenoxy) is 2. The van der Waals surface area contributed by atoms with E-state index in [4.69, 9.17) is 9.47 Å². The molecular formula is C23H35N3O7. The molecule has 1 unspecified atom stereocenters. The van der Waals surface area contributed by atoms with Crippen molar-refractivity contribution in [3.05, 3.63) is 35.4 Å². The smallest absolute Gasteiger partial charge is 0.408 e. The van der Waals surface area contributed by atoms with Crippen LogP contribution in [0.15, 0.2) is 24.3 Å². The Morgan fingerprint density at radius 3 is 2.27 bits per heavy atom. The lowest BCUT2D eigenvalue weighted by Crippen LogP contribution is -2.49. The molecule has 0 aromatic heterocycles. The molecule has 0 radical (unpaired) electrons. The van der Waals surface area contributed by atoms with E-state index in [9.17, 15) is 24.3 Å². The maximum Gasteiger partial charge on any atom is 0.408 e. The van der Waals surface area contributed by atoms with E-state index >= 15 is 0 Å². The Bertz CT molecular complexity index is 803. The van der Waals surface area contributed by atoms with Crippen LogP contribution < -0.4 is 10.6 Å². The lowest BCUT2D eigenvalue weighted by Gasteiger charge is -2.31. The number of carbonyl (C=O) groups is 4. The summed E-state index contributed by atoms with van der Waals surface area (Å²) < 4.78 is 9.99. The number of nitrogens with one attached hydrogen (secondary N) is 2. The molecule has 0 saturated heterocycles. The van der Waals surface area contributed by atoms with Gasteiger partial charge in [0.15, 0.2) is 0 Å². The Kier molecular flexibility index (Phi) is 11.3. The number of aliphatic hydroxyl groups is 1. The first kappa shape index (κ1) is 27.9. The number of aryl methyl sites for hydroxylation is 1. The maximum atomic E-state index is 13.1. The molecule has 1 atom stereocenters. The van der Waals surface area contributed by atoms with Gasteiger partial charge in [-0.1, -0.05) is 29.8 Å². The molecule has 0 fully saturated rings. The lowest BCUT2D eigenvalue weighted by atomic mass is 10.0. The van der Waals surface area contributed by atoms with Gasteiger partial charge < -0.3 is 30.1 Å². The third-order valence-electron chi connectivity index (χ3n) is 4.33. The normalized spacial score (nSPS) is 11.8. The van der Waals surface area contributed by atoms with E-state index in [1.807, 2.05) is 6.92 Å². The summed E-state index contributed by atoms with van der Waals surface area (Å²) >= 11 is 0. The van der Waals surface area contributed by atoms with Gasteiger partial charge >= 0.3 is 12.1 Å². The second-order valence-corrected chi connectivity index (χ2v) is 8.33. The van der Waals surface area contributed by atoms with Crippen LogP contribution in [0, 0.1) is 6.92 Å². The summed E-state index contributed by atoms with van der Waals surface area (Å²) in [6, 6.07) is 5.95. The van der Waals surface area contributed by atoms with Crippen molar-refractivity contribution in [3.63, 3.8) is 0 Å². The molecule has 0 heterocycles. The lowest BCUT2D eigenvalue weighted by molar-refractivity contribution is -0.143. The SMILES string of the molecule is CCOC(=O)CCNC(=O)C(c1ccc(C)cc1)N(CCO)C(=O)CNC(=O)OC(C)(C)C. The molecule has 0 saturated carbocycles. The van der Waals surface area contributed by atoms with Gasteiger partial charge in [0.25, 0.3) is 0 Å². The van der Waals surface area contributed by atoms with Crippen LogP contribution >= 0.6 is 0 Å². The molecule has 1 aromatic rings. The van der Waals surface area contributed by atoms with Gasteiger partial charge in [-0.3, -0.25) is 14.4 Å². The molecule has 0 aliphatic rings. The molecule has 184 valence electrons. The molecule has 3 amide bonds. The van der Waals surface area contributed by atoms with Crippen molar-refractivity contribution in [1.29, 1.82) is 0 Å². The Morgan fingerprint density at radius 2 is 1.73 bits per heavy atom. The predicted octanol–water partition coefficient (Wildman–Crippen LogP) is 1.45. The highest BCUT2D eigenvalue weighted by molar-refractivity contribution is 5.90. The highest BCUT2D eigenvalue weighted by atomic mass is 16.6. The number of nitrogens with zero attached hydrogens (tertiary/aromatic N) is 1. The minimum absolute atomic E-state index is 0.0195. The van der Waals surface area contributed by atoms with Crippen molar-refractivity contribution in [2.24, 2.45) is 0 Å². The zero-order chi connectivity index (χ0) is 25.0. The van der Waals surface area contributed by atoms with Gasteiger partial charge in [0.05, 0.1) is 19.6 Å². The van der Waals surface area contributed by atoms with Crippen molar-refractivity contribution in [2.75, 3.05) is 32.8 Å². The van der Waals surface area contributed by atoms with Crippen molar-refractivity contribution < 1.29 is 33.8 Å². The fourth-order valence-corrected chi connectivity index (χ4v) is 2.91. The number of aliphatic hydroxyl groups excluding tert-OH is 1. The van der Waals surface area contributed by atoms with Gasteiger partial charge in [0.2, 0.25) is 11.8 Å². The quantitative estimate of drug-likeness (QED) is 0.421. The van der Waals surface area contributed by atoms with E-state index in [1.54, 1.807) is 52.0 Å². The minimum Gasteiger partial charge on any atom is -0.466 e. The molecule has 3 N–H and O–H groups in total. The monoisotopic (exact) mass is 465 g/mol. The van der Waals surface area contributed by atoms with E-state index < -0.39 is 48.7 Å². The van der Waals surface area contributed by atoms with Crippen LogP contribution in [-0.4, -0.2) is 72.3 Å². The van der Waals surface area contributed by atoms with Gasteiger partial charge in [-0.15, -0.1) is 0 Å². The molecule has 0 bridgehead atoms. The summed E-state index contributed by atoms with van der Waals surface area (Å²) in [5.74, 6) is -1.56. The zero-order valence-electron chi connectivity index (χ0n) is 20.0. The van der Waals surface area contributed by atoms with E-state index in [1.165, 1.54) is 4.90 Å². The molecule has 10 nitrogen and oxygen atoms in total. The van der Waals surface area contributed by atoms with Crippen LogP contribution in [0.2, 0.25) is 0 Å². The number of rotatable bonds is 11. The third-order valence-corrected chi connectivity index (χ3v) is 4.33. The number of hydrogen-bond donors (Lipinski definition) is 3. The van der Waals surface area contributed by atoms with E-state index in [2.05, 4.69) is 10.6 Å². The molecule has 33 heavy (non-hydrogen) atoms. The number of benzene rings is 1. The summed E-state index contributed by atoms with van der Waals surface area (Å²) in [6.07, 6.45) is -0.792. The Labute approximate surface area is 194 Å². The Hall–Kier alpha value is -3.14. The fraction of sp³-hybridized carbons (Fsp3) is 0.565. The van der Waals surface area contributed by atoms with Gasteiger partial charge in [0.1, 0.15) is 18.2 Å². The van der Waals surface area contributed by atoms with Crippen molar-refractivity contribution in [2.45, 2.75) is 52.7 Å². The fourth-order valence-electron chi connectivity index (χ4n) is 2.91. The second-order valence-electron chi connectivity index (χ2n) is 8.33. The van der Waals surface area contributed by atoms with E-state index in [-0.39, 0.29) is 26.1 Å². The standard InChI is InChI=1S/C23H35N3O7/c1-6-32-19(29)11-12-24-21(30)20(17-9-7-16(2)8-10-17)26(13-14-27)18(28)15-25-22(31)33-23(3,4)5/h7-10,20,27H,6,11-15H2,1-5H3,(H,24,30)(H,25,31). The van der Waals surface area contributed by atoms with Crippen LogP contribution in [0.5, 0.6) is 0 Å². The number of alkyl carbamates (subject to hydrolysis) is 1. The Morgan fingerprint density at radius 1 is 1.09 bits per heavy atom. The van der Waals surface area contributed by atoms with Crippen molar-refractivity contribution in [3.8, 4) is 0 Å². The molecule has 0 aliphatic heterocycles. The van der Waals surface area contributed by atoms with Crippen LogP contribution in [0.1, 0.15) is 51.3 Å². The van der Waals surface area contributed by atoms with E-state index in [0.29, 0.717) is 5.56 Å². The first-order valence-electron chi connectivity index (χ1n) is 10.9. The first-order chi connectivity index (χ1) is 15.5. The maximum absolute atomic E-state index is 13.1. The van der Waals surface area contributed by atoms with Crippen molar-refractivity contribution in [1.82, 2.24) is 15.5 Å². The van der Waals surface area contributed by atoms with Crippen LogP contribution in [0.25, 0.3) is 0 Å². The summed E-state index contributed by atoms with van der Waals surface area (Å²) in [7, 11) is 0. The van der Waals surface area contributed by atoms with Gasteiger partial charge in [-0.05, 0) is 40.2 Å². The number of hydrogen-bond acceptors (Lipinski definition) is 7. The first-order valence-corrected chi connectivity index (χ1v) is 10.9. The molecule has 1 aromatic carbocycles. The van der Waals surface area contributed by atoms with Crippen LogP contribution in [-0.2, 0) is 23.9 Å². The Balaban J connectivity index is 3.03. The zero-order valence-corrected chi connectivity index (χ0v) is 20.0. The summed E-state index contributed by atoms with van der Waals surface area (Å²) in [5, 5.41) is 14.6. The van der Waals surface area contributed by atoms with Gasteiger partial charge in [0, 0.05) is 13.1 Å². The second kappa shape index (κ2) is 13.4. The molecular weight excluding hydrogens is 430 g/mol. The van der Waals surface area contributed by atoms with Gasteiger partial charge in [-0.2, -0.15) is 0 Å². The molecule has 0 aliphatic carbocycles. The van der Waals surface area contributed by atoms with Crippen LogP contribution in [0.3, 0.4) is 0 Å². The topological polar surface area (TPSA) is 134 Å². The summed E-state index contributed by atoms with van der Waals surface area (Å²) in [5.41, 5.74) is 0.751. The average Bonchev–Trinajstić information content (AvgIpc) is 2.72. The highest BCUT2D eigenvalue weighted by Gasteiger charge is 2.31. The van der Waals surface area contributed by atoms with Gasteiger partial charge in [-0.25, -0.2) is 4.79 Å². The summed E-state index contributed by atoms with van der Waals surface area (Å²) in [4.78, 5) is 50.7. The number of amides is 3. The van der Waals surface area contributed by atoms with Crippen molar-refractivity contribution >= 4 is 23.9 Å². The minimum atomic E-state index is -1.08. The largest absolute Gasteiger partial charge is 0.466 e. The molecule has 10 heteroatoms.